The molecule has 0 aliphatic carbocycles. The van der Waals surface area contributed by atoms with Gasteiger partial charge in [-0.15, -0.1) is 0 Å². The molecule has 1 aromatic heterocycles. The molecule has 180 valence electrons. The largest absolute Gasteiger partial charge is 0.507 e. The molecule has 5 rings (SSSR count). The number of aliphatic hydroxyl groups is 1. The Kier molecular flexibility index (Phi) is 5.69. The molecule has 0 spiro atoms. The number of hydrogen-bond acceptors (Lipinski definition) is 8. The Hall–Kier alpha value is -4.64. The van der Waals surface area contributed by atoms with Crippen molar-refractivity contribution in [3.8, 4) is 5.75 Å². The molecule has 1 amide bonds. The zero-order valence-corrected chi connectivity index (χ0v) is 19.4. The van der Waals surface area contributed by atoms with Gasteiger partial charge in [0.15, 0.2) is 5.13 Å². The number of carbonyl (C=O) groups excluding carboxylic acids is 2. The van der Waals surface area contributed by atoms with Gasteiger partial charge >= 0.3 is 5.91 Å². The van der Waals surface area contributed by atoms with E-state index in [0.29, 0.717) is 16.0 Å². The molecule has 36 heavy (non-hydrogen) atoms. The van der Waals surface area contributed by atoms with Gasteiger partial charge in [-0.1, -0.05) is 23.5 Å². The first kappa shape index (κ1) is 23.1. The number of nitro groups is 1. The maximum Gasteiger partial charge on any atom is 0.301 e. The maximum absolute atomic E-state index is 13.8. The van der Waals surface area contributed by atoms with E-state index in [0.717, 1.165) is 16.2 Å². The van der Waals surface area contributed by atoms with E-state index in [4.69, 9.17) is 4.74 Å². The number of aromatic nitrogens is 1. The number of benzene rings is 3. The number of aliphatic hydroxyl groups excluding tert-OH is 1. The third kappa shape index (κ3) is 3.85. The van der Waals surface area contributed by atoms with E-state index in [2.05, 4.69) is 4.98 Å². The minimum atomic E-state index is -1.21. The van der Waals surface area contributed by atoms with Crippen molar-refractivity contribution >= 4 is 49.8 Å². The highest BCUT2D eigenvalue weighted by Gasteiger charge is 2.48. The number of thiazole rings is 1. The summed E-state index contributed by atoms with van der Waals surface area (Å²) in [6.07, 6.45) is 0. The first-order chi connectivity index (χ1) is 17.3. The maximum atomic E-state index is 13.8. The summed E-state index contributed by atoms with van der Waals surface area (Å²) in [5.41, 5.74) is 0.371. The minimum absolute atomic E-state index is 0.0861. The van der Waals surface area contributed by atoms with Crippen molar-refractivity contribution in [3.05, 3.63) is 99.4 Å². The predicted molar refractivity (Wildman–Crippen MR) is 130 cm³/mol. The highest BCUT2D eigenvalue weighted by atomic mass is 32.1. The van der Waals surface area contributed by atoms with Crippen LogP contribution in [-0.4, -0.2) is 33.8 Å². The third-order valence-corrected chi connectivity index (χ3v) is 6.77. The van der Waals surface area contributed by atoms with Crippen molar-refractivity contribution in [2.75, 3.05) is 12.0 Å². The number of methoxy groups -OCH3 is 1. The standard InChI is InChI=1S/C25H16FN3O6S/c1-35-17-8-5-13(6-9-17)22(30)20-21(14-3-2-4-16(11-14)29(33)34)28(24(32)23(20)31)25-27-18-10-7-15(26)12-19(18)36-25/h2-12,21,30H,1H3. The van der Waals surface area contributed by atoms with Gasteiger partial charge < -0.3 is 9.84 Å². The number of hydrogen-bond donors (Lipinski definition) is 1. The lowest BCUT2D eigenvalue weighted by Crippen LogP contribution is -2.29. The molecular weight excluding hydrogens is 489 g/mol. The fourth-order valence-electron chi connectivity index (χ4n) is 4.05. The molecule has 1 unspecified atom stereocenters. The van der Waals surface area contributed by atoms with Gasteiger partial charge in [0.05, 0.1) is 33.9 Å². The Morgan fingerprint density at radius 3 is 2.58 bits per heavy atom. The van der Waals surface area contributed by atoms with Crippen LogP contribution in [0.25, 0.3) is 16.0 Å². The van der Waals surface area contributed by atoms with Gasteiger partial charge in [0.25, 0.3) is 11.5 Å². The molecule has 9 nitrogen and oxygen atoms in total. The fraction of sp³-hybridized carbons (Fsp3) is 0.0800. The second-order valence-corrected chi connectivity index (χ2v) is 8.87. The summed E-state index contributed by atoms with van der Waals surface area (Å²) in [5.74, 6) is -2.38. The van der Waals surface area contributed by atoms with Crippen LogP contribution in [0.2, 0.25) is 0 Å². The first-order valence-corrected chi connectivity index (χ1v) is 11.4. The number of non-ortho nitro benzene ring substituents is 1. The lowest BCUT2D eigenvalue weighted by molar-refractivity contribution is -0.384. The number of nitro benzene ring substituents is 1. The molecule has 1 aliphatic rings. The number of nitrogens with zero attached hydrogens (tertiary/aromatic N) is 3. The molecule has 1 atom stereocenters. The number of fused-ring (bicyclic) bond motifs is 1. The number of halogens is 1. The van der Waals surface area contributed by atoms with Crippen molar-refractivity contribution in [1.29, 1.82) is 0 Å². The average molecular weight is 505 g/mol. The Bertz CT molecular complexity index is 1580. The topological polar surface area (TPSA) is 123 Å². The SMILES string of the molecule is COc1ccc(C(O)=C2C(=O)C(=O)N(c3nc4ccc(F)cc4s3)C2c2cccc([N+](=O)[O-])c2)cc1. The Labute approximate surface area is 206 Å². The first-order valence-electron chi connectivity index (χ1n) is 10.5. The van der Waals surface area contributed by atoms with Crippen LogP contribution in [0.15, 0.2) is 72.3 Å². The van der Waals surface area contributed by atoms with Crippen LogP contribution in [0.3, 0.4) is 0 Å². The van der Waals surface area contributed by atoms with E-state index in [1.165, 1.54) is 61.7 Å². The summed E-state index contributed by atoms with van der Waals surface area (Å²) in [4.78, 5) is 42.8. The zero-order valence-electron chi connectivity index (χ0n) is 18.5. The van der Waals surface area contributed by atoms with Crippen LogP contribution in [0.1, 0.15) is 17.2 Å². The normalized spacial score (nSPS) is 17.1. The van der Waals surface area contributed by atoms with Gasteiger partial charge in [0, 0.05) is 17.7 Å². The molecule has 4 aromatic rings. The number of carbonyl (C=O) groups is 2. The molecule has 0 bridgehead atoms. The zero-order chi connectivity index (χ0) is 25.6. The van der Waals surface area contributed by atoms with Crippen molar-refractivity contribution < 1.29 is 28.7 Å². The second kappa shape index (κ2) is 8.86. The molecule has 11 heteroatoms. The lowest BCUT2D eigenvalue weighted by atomic mass is 9.95. The molecule has 1 aliphatic heterocycles. The van der Waals surface area contributed by atoms with Crippen molar-refractivity contribution in [2.24, 2.45) is 0 Å². The Balaban J connectivity index is 1.73. The summed E-state index contributed by atoms with van der Waals surface area (Å²) in [7, 11) is 1.48. The highest BCUT2D eigenvalue weighted by Crippen LogP contribution is 2.45. The smallest absolute Gasteiger partial charge is 0.301 e. The summed E-state index contributed by atoms with van der Waals surface area (Å²) < 4.78 is 19.3. The van der Waals surface area contributed by atoms with Crippen LogP contribution in [0, 0.1) is 15.9 Å². The van der Waals surface area contributed by atoms with Gasteiger partial charge in [-0.05, 0) is 48.0 Å². The quantitative estimate of drug-likeness (QED) is 0.133. The van der Waals surface area contributed by atoms with E-state index in [-0.39, 0.29) is 27.5 Å². The predicted octanol–water partition coefficient (Wildman–Crippen LogP) is 4.98. The molecule has 0 saturated carbocycles. The second-order valence-electron chi connectivity index (χ2n) is 7.86. The summed E-state index contributed by atoms with van der Waals surface area (Å²) in [6, 6.07) is 14.4. The van der Waals surface area contributed by atoms with Crippen LogP contribution in [0.4, 0.5) is 15.2 Å². The number of anilines is 1. The number of rotatable bonds is 5. The molecule has 0 radical (unpaired) electrons. The highest BCUT2D eigenvalue weighted by molar-refractivity contribution is 7.22. The fourth-order valence-corrected chi connectivity index (χ4v) is 5.06. The monoisotopic (exact) mass is 505 g/mol. The third-order valence-electron chi connectivity index (χ3n) is 5.75. The van der Waals surface area contributed by atoms with E-state index in [1.807, 2.05) is 0 Å². The summed E-state index contributed by atoms with van der Waals surface area (Å²) in [5, 5.41) is 22.7. The molecule has 1 saturated heterocycles. The molecule has 2 heterocycles. The van der Waals surface area contributed by atoms with Crippen LogP contribution >= 0.6 is 11.3 Å². The summed E-state index contributed by atoms with van der Waals surface area (Å²) >= 11 is 0.985. The summed E-state index contributed by atoms with van der Waals surface area (Å²) in [6.45, 7) is 0. The minimum Gasteiger partial charge on any atom is -0.507 e. The molecule has 3 aromatic carbocycles. The van der Waals surface area contributed by atoms with Crippen molar-refractivity contribution in [2.45, 2.75) is 6.04 Å². The van der Waals surface area contributed by atoms with Crippen molar-refractivity contribution in [3.63, 3.8) is 0 Å². The van der Waals surface area contributed by atoms with E-state index >= 15 is 0 Å². The van der Waals surface area contributed by atoms with E-state index in [9.17, 15) is 29.2 Å². The number of ketones is 1. The van der Waals surface area contributed by atoms with E-state index in [1.54, 1.807) is 12.1 Å². The number of Topliss-reactive ketones (excluding diaryl/α,β-unsaturated/α-hetero) is 1. The average Bonchev–Trinajstić information content (AvgIpc) is 3.41. The lowest BCUT2D eigenvalue weighted by Gasteiger charge is -2.22. The molecular formula is C25H16FN3O6S. The van der Waals surface area contributed by atoms with Crippen LogP contribution in [0.5, 0.6) is 5.75 Å². The molecule has 1 fully saturated rings. The number of amides is 1. The van der Waals surface area contributed by atoms with Gasteiger partial charge in [-0.25, -0.2) is 9.37 Å². The van der Waals surface area contributed by atoms with E-state index < -0.39 is 34.2 Å². The van der Waals surface area contributed by atoms with Gasteiger partial charge in [0.2, 0.25) is 0 Å². The Morgan fingerprint density at radius 1 is 1.14 bits per heavy atom. The van der Waals surface area contributed by atoms with Crippen molar-refractivity contribution in [1.82, 2.24) is 4.98 Å². The van der Waals surface area contributed by atoms with Gasteiger partial charge in [-0.2, -0.15) is 0 Å². The Morgan fingerprint density at radius 2 is 1.89 bits per heavy atom. The number of ether oxygens (including phenoxy) is 1. The van der Waals surface area contributed by atoms with Crippen LogP contribution < -0.4 is 9.64 Å². The van der Waals surface area contributed by atoms with Gasteiger partial charge in [0.1, 0.15) is 17.3 Å². The van der Waals surface area contributed by atoms with Gasteiger partial charge in [-0.3, -0.25) is 24.6 Å². The molecule has 1 N–H and O–H groups in total. The van der Waals surface area contributed by atoms with Crippen LogP contribution in [-0.2, 0) is 9.59 Å².